The van der Waals surface area contributed by atoms with E-state index < -0.39 is 0 Å². The molecule has 6 N–H and O–H groups in total. The fourth-order valence-corrected chi connectivity index (χ4v) is 2.50. The van der Waals surface area contributed by atoms with Crippen LogP contribution >= 0.6 is 15.9 Å². The standard InChI is InChI=1S/C12H16BrN5O/c1-19-11-3-2-7(4-9(11)13)5-10(17-15)8-6-16-18-12(8)14/h2-4,6,10,17H,5,15H2,1H3,(H3,14,16,18). The maximum Gasteiger partial charge on any atom is 0.133 e. The SMILES string of the molecule is COc1ccc(CC(NN)c2cn[nH]c2N)cc1Br. The van der Waals surface area contributed by atoms with Crippen molar-refractivity contribution in [3.05, 3.63) is 40.0 Å². The molecule has 0 radical (unpaired) electrons. The van der Waals surface area contributed by atoms with Gasteiger partial charge >= 0.3 is 0 Å². The van der Waals surface area contributed by atoms with Crippen molar-refractivity contribution < 1.29 is 4.74 Å². The van der Waals surface area contributed by atoms with Gasteiger partial charge in [-0.1, -0.05) is 6.07 Å². The Morgan fingerprint density at radius 1 is 1.53 bits per heavy atom. The van der Waals surface area contributed by atoms with Crippen molar-refractivity contribution in [1.82, 2.24) is 15.6 Å². The summed E-state index contributed by atoms with van der Waals surface area (Å²) >= 11 is 3.46. The Balaban J connectivity index is 2.19. The van der Waals surface area contributed by atoms with Gasteiger partial charge in [-0.15, -0.1) is 0 Å². The predicted octanol–water partition coefficient (Wildman–Crippen LogP) is 1.51. The molecular formula is C12H16BrN5O. The highest BCUT2D eigenvalue weighted by atomic mass is 79.9. The first-order valence-electron chi connectivity index (χ1n) is 5.73. The number of ether oxygens (including phenoxy) is 1. The highest BCUT2D eigenvalue weighted by Gasteiger charge is 2.15. The number of hydrogen-bond donors (Lipinski definition) is 4. The zero-order valence-corrected chi connectivity index (χ0v) is 12.1. The summed E-state index contributed by atoms with van der Waals surface area (Å²) in [5.74, 6) is 6.91. The molecule has 7 heteroatoms. The highest BCUT2D eigenvalue weighted by Crippen LogP contribution is 2.28. The van der Waals surface area contributed by atoms with E-state index >= 15 is 0 Å². The molecule has 0 saturated carbocycles. The topological polar surface area (TPSA) is 102 Å². The fraction of sp³-hybridized carbons (Fsp3) is 0.250. The number of anilines is 1. The van der Waals surface area contributed by atoms with Crippen molar-refractivity contribution in [2.45, 2.75) is 12.5 Å². The third kappa shape index (κ3) is 3.06. The largest absolute Gasteiger partial charge is 0.496 e. The highest BCUT2D eigenvalue weighted by molar-refractivity contribution is 9.10. The van der Waals surface area contributed by atoms with Gasteiger partial charge in [0.2, 0.25) is 0 Å². The summed E-state index contributed by atoms with van der Waals surface area (Å²) in [6.07, 6.45) is 2.38. The van der Waals surface area contributed by atoms with Gasteiger partial charge in [0.25, 0.3) is 0 Å². The van der Waals surface area contributed by atoms with Gasteiger partial charge in [-0.3, -0.25) is 16.4 Å². The van der Waals surface area contributed by atoms with Gasteiger partial charge in [-0.05, 0) is 40.0 Å². The number of rotatable bonds is 5. The molecule has 2 aromatic rings. The van der Waals surface area contributed by atoms with Crippen LogP contribution in [0.3, 0.4) is 0 Å². The van der Waals surface area contributed by atoms with Crippen LogP contribution in [-0.2, 0) is 6.42 Å². The molecule has 102 valence electrons. The van der Waals surface area contributed by atoms with Gasteiger partial charge < -0.3 is 10.5 Å². The van der Waals surface area contributed by atoms with Crippen LogP contribution < -0.4 is 21.7 Å². The van der Waals surface area contributed by atoms with Gasteiger partial charge in [-0.25, -0.2) is 0 Å². The Morgan fingerprint density at radius 2 is 2.32 bits per heavy atom. The number of aromatic amines is 1. The van der Waals surface area contributed by atoms with E-state index in [1.165, 1.54) is 0 Å². The van der Waals surface area contributed by atoms with Crippen LogP contribution in [0, 0.1) is 0 Å². The van der Waals surface area contributed by atoms with E-state index in [0.717, 1.165) is 21.3 Å². The number of hydrazine groups is 1. The summed E-state index contributed by atoms with van der Waals surface area (Å²) in [5, 5.41) is 6.60. The lowest BCUT2D eigenvalue weighted by atomic mass is 10.0. The molecule has 1 unspecified atom stereocenters. The van der Waals surface area contributed by atoms with Crippen molar-refractivity contribution in [3.63, 3.8) is 0 Å². The van der Waals surface area contributed by atoms with Crippen molar-refractivity contribution in [3.8, 4) is 5.75 Å². The van der Waals surface area contributed by atoms with E-state index in [-0.39, 0.29) is 6.04 Å². The first-order chi connectivity index (χ1) is 9.15. The van der Waals surface area contributed by atoms with Crippen LogP contribution in [0.2, 0.25) is 0 Å². The lowest BCUT2D eigenvalue weighted by molar-refractivity contribution is 0.412. The van der Waals surface area contributed by atoms with Gasteiger partial charge in [0.15, 0.2) is 0 Å². The third-order valence-corrected chi connectivity index (χ3v) is 3.55. The Kier molecular flexibility index (Phi) is 4.41. The monoisotopic (exact) mass is 325 g/mol. The van der Waals surface area contributed by atoms with Crippen molar-refractivity contribution >= 4 is 21.7 Å². The van der Waals surface area contributed by atoms with Crippen molar-refractivity contribution in [2.75, 3.05) is 12.8 Å². The van der Waals surface area contributed by atoms with Gasteiger partial charge in [-0.2, -0.15) is 5.10 Å². The summed E-state index contributed by atoms with van der Waals surface area (Å²) in [7, 11) is 1.64. The smallest absolute Gasteiger partial charge is 0.133 e. The Bertz CT molecular complexity index is 557. The molecule has 0 aliphatic carbocycles. The van der Waals surface area contributed by atoms with Crippen LogP contribution in [0.15, 0.2) is 28.9 Å². The number of halogens is 1. The summed E-state index contributed by atoms with van der Waals surface area (Å²) < 4.78 is 6.11. The lowest BCUT2D eigenvalue weighted by Crippen LogP contribution is -2.29. The van der Waals surface area contributed by atoms with Gasteiger partial charge in [0.1, 0.15) is 11.6 Å². The molecule has 0 saturated heterocycles. The second-order valence-corrected chi connectivity index (χ2v) is 4.99. The summed E-state index contributed by atoms with van der Waals surface area (Å²) in [6.45, 7) is 0. The Hall–Kier alpha value is -1.57. The normalized spacial score (nSPS) is 12.4. The van der Waals surface area contributed by atoms with Crippen LogP contribution in [0.25, 0.3) is 0 Å². The maximum atomic E-state index is 5.80. The average molecular weight is 326 g/mol. The van der Waals surface area contributed by atoms with E-state index in [4.69, 9.17) is 16.3 Å². The summed E-state index contributed by atoms with van der Waals surface area (Å²) in [4.78, 5) is 0. The van der Waals surface area contributed by atoms with Gasteiger partial charge in [0.05, 0.1) is 23.8 Å². The number of methoxy groups -OCH3 is 1. The second kappa shape index (κ2) is 6.05. The number of nitrogens with zero attached hydrogens (tertiary/aromatic N) is 1. The molecule has 1 heterocycles. The zero-order chi connectivity index (χ0) is 13.8. The van der Waals surface area contributed by atoms with Crippen molar-refractivity contribution in [1.29, 1.82) is 0 Å². The number of H-pyrrole nitrogens is 1. The fourth-order valence-electron chi connectivity index (χ4n) is 1.91. The summed E-state index contributed by atoms with van der Waals surface area (Å²) in [6, 6.07) is 5.80. The van der Waals surface area contributed by atoms with E-state index in [0.29, 0.717) is 12.2 Å². The predicted molar refractivity (Wildman–Crippen MR) is 77.5 cm³/mol. The molecule has 0 amide bonds. The molecule has 0 aliphatic heterocycles. The zero-order valence-electron chi connectivity index (χ0n) is 10.5. The molecule has 0 fully saturated rings. The average Bonchev–Trinajstić information content (AvgIpc) is 2.82. The Labute approximate surface area is 119 Å². The minimum Gasteiger partial charge on any atom is -0.496 e. The lowest BCUT2D eigenvalue weighted by Gasteiger charge is -2.15. The molecule has 1 atom stereocenters. The third-order valence-electron chi connectivity index (χ3n) is 2.93. The number of nitrogen functional groups attached to an aromatic ring is 1. The number of nitrogens with two attached hydrogens (primary N) is 2. The van der Waals surface area contributed by atoms with E-state index in [1.807, 2.05) is 18.2 Å². The van der Waals surface area contributed by atoms with Crippen LogP contribution in [0.1, 0.15) is 17.2 Å². The number of benzene rings is 1. The molecule has 0 aliphatic rings. The second-order valence-electron chi connectivity index (χ2n) is 4.13. The van der Waals surface area contributed by atoms with Gasteiger partial charge in [0, 0.05) is 5.56 Å². The first-order valence-corrected chi connectivity index (χ1v) is 6.52. The first kappa shape index (κ1) is 13.9. The van der Waals surface area contributed by atoms with Crippen molar-refractivity contribution in [2.24, 2.45) is 5.84 Å². The quantitative estimate of drug-likeness (QED) is 0.493. The summed E-state index contributed by atoms with van der Waals surface area (Å²) in [5.41, 5.74) is 10.5. The maximum absolute atomic E-state index is 5.80. The van der Waals surface area contributed by atoms with Crippen LogP contribution in [0.5, 0.6) is 5.75 Å². The van der Waals surface area contributed by atoms with E-state index in [2.05, 4.69) is 31.6 Å². The Morgan fingerprint density at radius 3 is 2.84 bits per heavy atom. The molecule has 0 bridgehead atoms. The molecule has 1 aromatic heterocycles. The molecule has 19 heavy (non-hydrogen) atoms. The number of aromatic nitrogens is 2. The molecule has 0 spiro atoms. The molecule has 2 rings (SSSR count). The number of hydrogen-bond acceptors (Lipinski definition) is 5. The molecular weight excluding hydrogens is 310 g/mol. The van der Waals surface area contributed by atoms with Crippen LogP contribution in [0.4, 0.5) is 5.82 Å². The molecule has 1 aromatic carbocycles. The number of nitrogens with one attached hydrogen (secondary N) is 2. The minimum absolute atomic E-state index is 0.0981. The molecule has 6 nitrogen and oxygen atoms in total. The van der Waals surface area contributed by atoms with E-state index in [9.17, 15) is 0 Å². The van der Waals surface area contributed by atoms with E-state index in [1.54, 1.807) is 13.3 Å². The van der Waals surface area contributed by atoms with Crippen LogP contribution in [-0.4, -0.2) is 17.3 Å². The minimum atomic E-state index is -0.0981.